The summed E-state index contributed by atoms with van der Waals surface area (Å²) in [7, 11) is 0. The predicted octanol–water partition coefficient (Wildman–Crippen LogP) is 3.03. The molecule has 1 aromatic rings. The van der Waals surface area contributed by atoms with E-state index < -0.39 is 0 Å². The maximum absolute atomic E-state index is 5.57. The number of hydrogen-bond donors (Lipinski definition) is 0. The lowest BCUT2D eigenvalue weighted by molar-refractivity contribution is 0.269. The molecular formula is C11H14O. The first-order valence-electron chi connectivity index (χ1n) is 4.17. The number of rotatable bonds is 3. The number of allylic oxidation sites excluding steroid dienone is 1. The molecule has 0 N–H and O–H groups in total. The lowest BCUT2D eigenvalue weighted by Gasteiger charge is -2.09. The Kier molecular flexibility index (Phi) is 3.39. The molecule has 0 fully saturated rings. The monoisotopic (exact) mass is 162 g/mol. The fourth-order valence-electron chi connectivity index (χ4n) is 1.02. The fraction of sp³-hybridized carbons (Fsp3) is 0.273. The van der Waals surface area contributed by atoms with Gasteiger partial charge in [-0.3, -0.25) is 0 Å². The molecule has 1 atom stereocenters. The van der Waals surface area contributed by atoms with Crippen LogP contribution in [-0.2, 0) is 0 Å². The van der Waals surface area contributed by atoms with Gasteiger partial charge in [0.15, 0.2) is 0 Å². The quantitative estimate of drug-likeness (QED) is 0.621. The first-order chi connectivity index (χ1) is 5.83. The molecular weight excluding hydrogens is 148 g/mol. The van der Waals surface area contributed by atoms with E-state index in [0.29, 0.717) is 0 Å². The average Bonchev–Trinajstić information content (AvgIpc) is 2.06. The van der Waals surface area contributed by atoms with Gasteiger partial charge in [-0.15, -0.1) is 0 Å². The number of benzene rings is 1. The van der Waals surface area contributed by atoms with Gasteiger partial charge in [0.25, 0.3) is 0 Å². The molecule has 0 saturated carbocycles. The van der Waals surface area contributed by atoms with Gasteiger partial charge in [0.05, 0.1) is 0 Å². The second kappa shape index (κ2) is 4.60. The zero-order valence-electron chi connectivity index (χ0n) is 7.53. The molecule has 0 aromatic heterocycles. The highest BCUT2D eigenvalue weighted by Crippen LogP contribution is 2.10. The third-order valence-electron chi connectivity index (χ3n) is 1.53. The molecule has 64 valence electrons. The molecule has 0 aliphatic heterocycles. The van der Waals surface area contributed by atoms with Crippen LogP contribution in [0.2, 0.25) is 0 Å². The second-order valence-electron chi connectivity index (χ2n) is 2.66. The molecule has 1 nitrogen and oxygen atoms in total. The van der Waals surface area contributed by atoms with Crippen molar-refractivity contribution in [3.05, 3.63) is 42.5 Å². The van der Waals surface area contributed by atoms with Crippen LogP contribution in [0.25, 0.3) is 0 Å². The van der Waals surface area contributed by atoms with Crippen LogP contribution >= 0.6 is 0 Å². The minimum atomic E-state index is 0.150. The van der Waals surface area contributed by atoms with Crippen LogP contribution in [-0.4, -0.2) is 6.10 Å². The van der Waals surface area contributed by atoms with Crippen molar-refractivity contribution in [3.63, 3.8) is 0 Å². The van der Waals surface area contributed by atoms with Gasteiger partial charge in [-0.1, -0.05) is 24.3 Å². The van der Waals surface area contributed by atoms with Gasteiger partial charge in [0.2, 0.25) is 0 Å². The standard InChI is InChI=1S/C11H14O/c1-3-7-10(2)12-11-8-5-4-6-9-11/h3-10H,1-2H3/b7-3+/t10-/m1/s1. The summed E-state index contributed by atoms with van der Waals surface area (Å²) >= 11 is 0. The Balaban J connectivity index is 2.52. The minimum Gasteiger partial charge on any atom is -0.487 e. The van der Waals surface area contributed by atoms with E-state index in [-0.39, 0.29) is 6.10 Å². The maximum Gasteiger partial charge on any atom is 0.120 e. The van der Waals surface area contributed by atoms with E-state index in [1.165, 1.54) is 0 Å². The molecule has 0 radical (unpaired) electrons. The van der Waals surface area contributed by atoms with E-state index in [4.69, 9.17) is 4.74 Å². The molecule has 1 aromatic carbocycles. The van der Waals surface area contributed by atoms with E-state index in [1.807, 2.05) is 56.3 Å². The van der Waals surface area contributed by atoms with Gasteiger partial charge >= 0.3 is 0 Å². The summed E-state index contributed by atoms with van der Waals surface area (Å²) < 4.78 is 5.57. The summed E-state index contributed by atoms with van der Waals surface area (Å²) in [4.78, 5) is 0. The minimum absolute atomic E-state index is 0.150. The first-order valence-corrected chi connectivity index (χ1v) is 4.17. The zero-order chi connectivity index (χ0) is 8.81. The molecule has 0 unspecified atom stereocenters. The van der Waals surface area contributed by atoms with Crippen molar-refractivity contribution in [2.24, 2.45) is 0 Å². The highest BCUT2D eigenvalue weighted by atomic mass is 16.5. The van der Waals surface area contributed by atoms with E-state index >= 15 is 0 Å². The number of para-hydroxylation sites is 1. The smallest absolute Gasteiger partial charge is 0.120 e. The normalized spacial score (nSPS) is 13.2. The van der Waals surface area contributed by atoms with Gasteiger partial charge < -0.3 is 4.74 Å². The summed E-state index contributed by atoms with van der Waals surface area (Å²) in [6, 6.07) is 9.84. The van der Waals surface area contributed by atoms with Crippen molar-refractivity contribution in [2.45, 2.75) is 20.0 Å². The number of hydrogen-bond acceptors (Lipinski definition) is 1. The van der Waals surface area contributed by atoms with Crippen molar-refractivity contribution in [3.8, 4) is 5.75 Å². The highest BCUT2D eigenvalue weighted by molar-refractivity contribution is 5.21. The third-order valence-corrected chi connectivity index (χ3v) is 1.53. The fourth-order valence-corrected chi connectivity index (χ4v) is 1.02. The van der Waals surface area contributed by atoms with Gasteiger partial charge in [-0.05, 0) is 32.1 Å². The molecule has 1 rings (SSSR count). The Morgan fingerprint density at radius 3 is 2.50 bits per heavy atom. The SMILES string of the molecule is C/C=C/[C@@H](C)Oc1ccccc1. The molecule has 1 heteroatoms. The summed E-state index contributed by atoms with van der Waals surface area (Å²) in [6.07, 6.45) is 4.16. The Labute approximate surface area is 73.7 Å². The van der Waals surface area contributed by atoms with Crippen LogP contribution in [0.3, 0.4) is 0 Å². The molecule has 0 amide bonds. The predicted molar refractivity (Wildman–Crippen MR) is 51.3 cm³/mol. The van der Waals surface area contributed by atoms with Gasteiger partial charge in [-0.25, -0.2) is 0 Å². The maximum atomic E-state index is 5.57. The molecule has 12 heavy (non-hydrogen) atoms. The average molecular weight is 162 g/mol. The lowest BCUT2D eigenvalue weighted by Crippen LogP contribution is -2.07. The van der Waals surface area contributed by atoms with E-state index in [0.717, 1.165) is 5.75 Å². The van der Waals surface area contributed by atoms with Crippen molar-refractivity contribution in [2.75, 3.05) is 0 Å². The van der Waals surface area contributed by atoms with Gasteiger partial charge in [0, 0.05) is 0 Å². The summed E-state index contributed by atoms with van der Waals surface area (Å²) in [5, 5.41) is 0. The van der Waals surface area contributed by atoms with Crippen molar-refractivity contribution in [1.29, 1.82) is 0 Å². The van der Waals surface area contributed by atoms with Crippen molar-refractivity contribution < 1.29 is 4.74 Å². The van der Waals surface area contributed by atoms with Crippen LogP contribution in [0.5, 0.6) is 5.75 Å². The van der Waals surface area contributed by atoms with E-state index in [9.17, 15) is 0 Å². The van der Waals surface area contributed by atoms with Crippen LogP contribution in [0.4, 0.5) is 0 Å². The Morgan fingerprint density at radius 1 is 1.25 bits per heavy atom. The second-order valence-corrected chi connectivity index (χ2v) is 2.66. The van der Waals surface area contributed by atoms with Gasteiger partial charge in [0.1, 0.15) is 11.9 Å². The molecule has 0 bridgehead atoms. The molecule has 0 heterocycles. The van der Waals surface area contributed by atoms with Crippen LogP contribution < -0.4 is 4.74 Å². The topological polar surface area (TPSA) is 9.23 Å². The summed E-state index contributed by atoms with van der Waals surface area (Å²) in [6.45, 7) is 4.01. The van der Waals surface area contributed by atoms with E-state index in [2.05, 4.69) is 0 Å². The molecule has 0 saturated heterocycles. The molecule has 0 spiro atoms. The first kappa shape index (κ1) is 8.85. The highest BCUT2D eigenvalue weighted by Gasteiger charge is 1.96. The van der Waals surface area contributed by atoms with Gasteiger partial charge in [-0.2, -0.15) is 0 Å². The molecule has 0 aliphatic carbocycles. The van der Waals surface area contributed by atoms with Crippen LogP contribution in [0, 0.1) is 0 Å². The Hall–Kier alpha value is -1.24. The van der Waals surface area contributed by atoms with E-state index in [1.54, 1.807) is 0 Å². The number of ether oxygens (including phenoxy) is 1. The van der Waals surface area contributed by atoms with Crippen LogP contribution in [0.15, 0.2) is 42.5 Å². The summed E-state index contributed by atoms with van der Waals surface area (Å²) in [5.41, 5.74) is 0. The van der Waals surface area contributed by atoms with Crippen molar-refractivity contribution in [1.82, 2.24) is 0 Å². The Bertz CT molecular complexity index is 238. The lowest BCUT2D eigenvalue weighted by atomic mass is 10.3. The molecule has 0 aliphatic rings. The Morgan fingerprint density at radius 2 is 1.92 bits per heavy atom. The third kappa shape index (κ3) is 2.79. The van der Waals surface area contributed by atoms with Crippen molar-refractivity contribution >= 4 is 0 Å². The summed E-state index contributed by atoms with van der Waals surface area (Å²) in [5.74, 6) is 0.920. The zero-order valence-corrected chi connectivity index (χ0v) is 7.53. The van der Waals surface area contributed by atoms with Crippen LogP contribution in [0.1, 0.15) is 13.8 Å². The largest absolute Gasteiger partial charge is 0.487 e.